The minimum Gasteiger partial charge on any atom is -1.00 e. The third kappa shape index (κ3) is 31.3. The molecule has 0 amide bonds. The van der Waals surface area contributed by atoms with Gasteiger partial charge in [0.25, 0.3) is 0 Å². The molecule has 0 N–H and O–H groups in total. The van der Waals surface area contributed by atoms with Crippen LogP contribution in [0.2, 0.25) is 0 Å². The van der Waals surface area contributed by atoms with Crippen LogP contribution in [0.25, 0.3) is 0 Å². The molecule has 0 aliphatic carbocycles. The largest absolute Gasteiger partial charge is 1.00 e. The van der Waals surface area contributed by atoms with Gasteiger partial charge < -0.3 is 17.0 Å². The molecular weight excluding hydrogens is 582 g/mol. The van der Waals surface area contributed by atoms with E-state index in [0.29, 0.717) is 7.92 Å². The molecule has 0 saturated heterocycles. The Morgan fingerprint density at radius 2 is 0.882 bits per heavy atom. The second-order valence-electron chi connectivity index (χ2n) is 9.39. The van der Waals surface area contributed by atoms with E-state index in [1.54, 1.807) is 24.6 Å². The third-order valence-electron chi connectivity index (χ3n) is 6.07. The van der Waals surface area contributed by atoms with Gasteiger partial charge in [-0.1, -0.05) is 115 Å². The zero-order chi connectivity index (χ0) is 25.6. The zero-order valence-corrected chi connectivity index (χ0v) is 29.3. The van der Waals surface area contributed by atoms with E-state index in [1.807, 2.05) is 0 Å². The Labute approximate surface area is 239 Å². The lowest BCUT2D eigenvalue weighted by molar-refractivity contribution is -0.00000748. The third-order valence-corrected chi connectivity index (χ3v) is 14.2. The Hall–Kier alpha value is 1.30. The van der Waals surface area contributed by atoms with Gasteiger partial charge in [0.15, 0.2) is 0 Å². The summed E-state index contributed by atoms with van der Waals surface area (Å²) in [5.74, 6) is 0. The van der Waals surface area contributed by atoms with E-state index in [0.717, 1.165) is 5.33 Å². The van der Waals surface area contributed by atoms with E-state index in [4.69, 9.17) is 0 Å². The molecule has 34 heavy (non-hydrogen) atoms. The second kappa shape index (κ2) is 36.5. The Balaban J connectivity index is -0.000000226. The van der Waals surface area contributed by atoms with Gasteiger partial charge in [0, 0.05) is 12.6 Å². The van der Waals surface area contributed by atoms with E-state index in [-0.39, 0.29) is 17.0 Å². The minimum absolute atomic E-state index is 0. The van der Waals surface area contributed by atoms with E-state index < -0.39 is 7.26 Å². The number of rotatable bonds is 21. The Morgan fingerprint density at radius 1 is 0.588 bits per heavy atom. The molecule has 0 aliphatic rings. The lowest BCUT2D eigenvalue weighted by Gasteiger charge is -2.26. The van der Waals surface area contributed by atoms with Crippen molar-refractivity contribution in [1.82, 2.24) is 0 Å². The zero-order valence-electron chi connectivity index (χ0n) is 24.4. The van der Waals surface area contributed by atoms with Crippen LogP contribution in [0, 0.1) is 0 Å². The molecule has 0 saturated carbocycles. The molecule has 0 aliphatic heterocycles. The van der Waals surface area contributed by atoms with Crippen LogP contribution in [0.1, 0.15) is 119 Å². The van der Waals surface area contributed by atoms with Crippen LogP contribution < -0.4 is 17.0 Å². The molecule has 0 nitrogen and oxygen atoms in total. The van der Waals surface area contributed by atoms with Crippen LogP contribution in [0.15, 0.2) is 25.3 Å². The first kappa shape index (κ1) is 42.4. The molecule has 0 aromatic heterocycles. The number of halogens is 2. The van der Waals surface area contributed by atoms with Crippen LogP contribution in [0.4, 0.5) is 0 Å². The topological polar surface area (TPSA) is 0 Å². The number of hydrogen-bond acceptors (Lipinski definition) is 0. The maximum atomic E-state index is 4.00. The van der Waals surface area contributed by atoms with Gasteiger partial charge in [-0.15, -0.1) is 14.5 Å². The van der Waals surface area contributed by atoms with Crippen LogP contribution in [-0.2, 0) is 0 Å². The Morgan fingerprint density at radius 3 is 1.09 bits per heavy atom. The minimum atomic E-state index is -0.664. The molecule has 0 aromatic rings. The van der Waals surface area contributed by atoms with Crippen LogP contribution in [-0.4, -0.2) is 48.5 Å². The molecule has 4 heteroatoms. The fourth-order valence-electron chi connectivity index (χ4n) is 3.84. The van der Waals surface area contributed by atoms with Crippen LogP contribution in [0.5, 0.6) is 0 Å². The van der Waals surface area contributed by atoms with Crippen LogP contribution >= 0.6 is 31.1 Å². The van der Waals surface area contributed by atoms with Crippen molar-refractivity contribution in [2.24, 2.45) is 0 Å². The van der Waals surface area contributed by atoms with Gasteiger partial charge in [-0.3, -0.25) is 0 Å². The first-order valence-corrected chi connectivity index (χ1v) is 19.9. The van der Waals surface area contributed by atoms with Crippen molar-refractivity contribution in [3.63, 3.8) is 0 Å². The van der Waals surface area contributed by atoms with Gasteiger partial charge in [0.05, 0.1) is 24.6 Å². The van der Waals surface area contributed by atoms with Gasteiger partial charge in [-0.2, -0.15) is 0 Å². The maximum absolute atomic E-state index is 4.00. The van der Waals surface area contributed by atoms with Gasteiger partial charge in [-0.05, 0) is 57.0 Å². The summed E-state index contributed by atoms with van der Waals surface area (Å²) in [5.41, 5.74) is 0. The smallest absolute Gasteiger partial charge is 0.0771 e. The van der Waals surface area contributed by atoms with Gasteiger partial charge in [-0.25, -0.2) is 0 Å². The first-order valence-electron chi connectivity index (χ1n) is 14.4. The van der Waals surface area contributed by atoms with Crippen molar-refractivity contribution in [2.75, 3.05) is 48.5 Å². The van der Waals surface area contributed by atoms with Gasteiger partial charge in [0.2, 0.25) is 0 Å². The fourth-order valence-corrected chi connectivity index (χ4v) is 11.5. The van der Waals surface area contributed by atoms with Crippen molar-refractivity contribution in [3.05, 3.63) is 25.3 Å². The highest BCUT2D eigenvalue weighted by atomic mass is 79.9. The maximum Gasteiger partial charge on any atom is 0.0771 e. The summed E-state index contributed by atoms with van der Waals surface area (Å²) in [6.07, 6.45) is 31.5. The summed E-state index contributed by atoms with van der Waals surface area (Å²) >= 11 is 3.13. The lowest BCUT2D eigenvalue weighted by Crippen LogP contribution is -3.00. The number of allylic oxidation sites excluding steroid dienone is 2. The highest BCUT2D eigenvalue weighted by Gasteiger charge is 2.33. The highest BCUT2D eigenvalue weighted by Crippen LogP contribution is 2.60. The predicted molar refractivity (Wildman–Crippen MR) is 172 cm³/mol. The Bertz CT molecular complexity index is 334. The molecule has 0 spiro atoms. The summed E-state index contributed by atoms with van der Waals surface area (Å²) in [4.78, 5) is 0. The van der Waals surface area contributed by atoms with E-state index >= 15 is 0 Å². The van der Waals surface area contributed by atoms with Gasteiger partial charge >= 0.3 is 0 Å². The van der Waals surface area contributed by atoms with E-state index in [2.05, 4.69) is 76.7 Å². The molecule has 0 fully saturated rings. The average Bonchev–Trinajstić information content (AvgIpc) is 2.85. The molecular formula is C30H64Br2P2. The standard InChI is InChI=1S/C15H32P.C12H27P.C3H5Br.BrH/c1-5-9-13-16(12-8-4,14-10-6-2)15-11-7-3;1-4-7-10-13(11-8-5-2)12-9-6-3;1-2-3-4;/h8H,4-7,9-15H2,1-3H3;4-12H2,1-3H3;2H,1,3H2;1H/q+1;;;/p-1. The summed E-state index contributed by atoms with van der Waals surface area (Å²) in [6.45, 7) is 21.3. The molecule has 0 bridgehead atoms. The van der Waals surface area contributed by atoms with E-state index in [9.17, 15) is 0 Å². The monoisotopic (exact) mass is 644 g/mol. The molecule has 0 heterocycles. The summed E-state index contributed by atoms with van der Waals surface area (Å²) in [7, 11) is -0.242. The lowest BCUT2D eigenvalue weighted by atomic mass is 10.4. The molecule has 208 valence electrons. The molecule has 0 atom stereocenters. The first-order chi connectivity index (χ1) is 16.0. The van der Waals surface area contributed by atoms with Crippen molar-refractivity contribution >= 4 is 31.1 Å². The second-order valence-corrected chi connectivity index (χ2v) is 17.1. The van der Waals surface area contributed by atoms with Crippen molar-refractivity contribution in [2.45, 2.75) is 119 Å². The average molecular weight is 647 g/mol. The van der Waals surface area contributed by atoms with Crippen molar-refractivity contribution in [1.29, 1.82) is 0 Å². The van der Waals surface area contributed by atoms with E-state index in [1.165, 1.54) is 102 Å². The number of hydrogen-bond donors (Lipinski definition) is 0. The molecule has 0 radical (unpaired) electrons. The van der Waals surface area contributed by atoms with Gasteiger partial charge in [0.1, 0.15) is 0 Å². The molecule has 0 rings (SSSR count). The normalized spacial score (nSPS) is 10.5. The quantitative estimate of drug-likeness (QED) is 0.0664. The fraction of sp³-hybridized carbons (Fsp3) is 0.867. The molecule has 0 unspecified atom stereocenters. The summed E-state index contributed by atoms with van der Waals surface area (Å²) in [6, 6.07) is 0. The van der Waals surface area contributed by atoms with Crippen molar-refractivity contribution in [3.8, 4) is 0 Å². The summed E-state index contributed by atoms with van der Waals surface area (Å²) < 4.78 is 0. The number of alkyl halides is 1. The highest BCUT2D eigenvalue weighted by molar-refractivity contribution is 9.09. The summed E-state index contributed by atoms with van der Waals surface area (Å²) in [5, 5.41) is 0.896. The molecule has 0 aromatic carbocycles. The van der Waals surface area contributed by atoms with Crippen LogP contribution in [0.3, 0.4) is 0 Å². The SMILES string of the molecule is C=CCBr.C=CC[P+](CCCC)(CCCC)CCCC.CCCCP(CCCC)CCCC.[Br-]. The predicted octanol–water partition coefficient (Wildman–Crippen LogP) is 9.03. The Kier molecular flexibility index (Phi) is 45.5. The number of unbranched alkanes of at least 4 members (excludes halogenated alkanes) is 6. The van der Waals surface area contributed by atoms with Crippen molar-refractivity contribution < 1.29 is 17.0 Å².